The van der Waals surface area contributed by atoms with Gasteiger partial charge in [0.25, 0.3) is 5.91 Å². The Hall–Kier alpha value is -4.60. The zero-order valence-corrected chi connectivity index (χ0v) is 27.7. The summed E-state index contributed by atoms with van der Waals surface area (Å²) in [6, 6.07) is 8.57. The topological polar surface area (TPSA) is 125 Å². The van der Waals surface area contributed by atoms with Crippen molar-refractivity contribution in [1.82, 2.24) is 10.2 Å². The number of anilines is 1. The summed E-state index contributed by atoms with van der Waals surface area (Å²) < 4.78 is 11.0. The Kier molecular flexibility index (Phi) is 10.9. The molecule has 0 spiro atoms. The van der Waals surface area contributed by atoms with Crippen molar-refractivity contribution in [3.05, 3.63) is 77.0 Å². The number of methoxy groups -OCH3 is 1. The fraction of sp³-hybridized carbons (Fsp3) is 0.444. The van der Waals surface area contributed by atoms with Gasteiger partial charge >= 0.3 is 6.09 Å². The van der Waals surface area contributed by atoms with Crippen molar-refractivity contribution in [3.63, 3.8) is 0 Å². The van der Waals surface area contributed by atoms with Crippen molar-refractivity contribution in [2.45, 2.75) is 85.5 Å². The molecule has 246 valence electrons. The van der Waals surface area contributed by atoms with Crippen LogP contribution in [0.2, 0.25) is 0 Å². The number of hydrogen-bond acceptors (Lipinski definition) is 7. The number of nitrogens with one attached hydrogen (secondary N) is 1. The predicted octanol–water partition coefficient (Wildman–Crippen LogP) is 5.92. The molecule has 0 fully saturated rings. The van der Waals surface area contributed by atoms with E-state index in [-0.39, 0.29) is 71.3 Å². The van der Waals surface area contributed by atoms with Gasteiger partial charge in [-0.05, 0) is 62.3 Å². The third-order valence-electron chi connectivity index (χ3n) is 8.86. The number of ketones is 1. The maximum atomic E-state index is 13.7. The van der Waals surface area contributed by atoms with E-state index >= 15 is 0 Å². The van der Waals surface area contributed by atoms with Crippen molar-refractivity contribution in [1.29, 1.82) is 0 Å². The number of fused-ring (bicyclic) bond motifs is 2. The first-order valence-electron chi connectivity index (χ1n) is 15.8. The molecule has 10 heteroatoms. The van der Waals surface area contributed by atoms with Crippen LogP contribution in [0.1, 0.15) is 75.9 Å². The molecule has 4 rings (SSSR count). The van der Waals surface area contributed by atoms with Crippen LogP contribution < -0.4 is 15.0 Å². The molecule has 0 aliphatic carbocycles. The van der Waals surface area contributed by atoms with Crippen molar-refractivity contribution >= 4 is 29.4 Å². The number of phenols is 1. The van der Waals surface area contributed by atoms with Gasteiger partial charge in [-0.3, -0.25) is 19.3 Å². The Morgan fingerprint density at radius 1 is 1.11 bits per heavy atom. The summed E-state index contributed by atoms with van der Waals surface area (Å²) in [7, 11) is 1.40. The van der Waals surface area contributed by atoms with Crippen LogP contribution in [0, 0.1) is 11.8 Å². The van der Waals surface area contributed by atoms with Gasteiger partial charge in [0.1, 0.15) is 6.61 Å². The number of benzene rings is 2. The molecule has 0 unspecified atom stereocenters. The van der Waals surface area contributed by atoms with Crippen molar-refractivity contribution in [3.8, 4) is 11.5 Å². The second kappa shape index (κ2) is 14.7. The van der Waals surface area contributed by atoms with Gasteiger partial charge in [-0.1, -0.05) is 57.2 Å². The maximum Gasteiger partial charge on any atom is 0.414 e. The molecule has 2 N–H and O–H groups in total. The molecule has 10 nitrogen and oxygen atoms in total. The number of amides is 3. The van der Waals surface area contributed by atoms with Crippen LogP contribution in [0.5, 0.6) is 11.5 Å². The van der Waals surface area contributed by atoms with Crippen molar-refractivity contribution < 1.29 is 33.8 Å². The fourth-order valence-electron chi connectivity index (χ4n) is 6.17. The smallest absolute Gasteiger partial charge is 0.414 e. The van der Waals surface area contributed by atoms with Crippen LogP contribution in [0.25, 0.3) is 0 Å². The summed E-state index contributed by atoms with van der Waals surface area (Å²) in [4.78, 5) is 55.9. The third-order valence-corrected chi connectivity index (χ3v) is 8.86. The van der Waals surface area contributed by atoms with E-state index < -0.39 is 18.2 Å². The maximum absolute atomic E-state index is 13.7. The van der Waals surface area contributed by atoms with Gasteiger partial charge in [0.05, 0.1) is 36.5 Å². The number of Topliss-reactive ketones (excluding diaryl/α,β-unsaturated/α-hetero) is 1. The summed E-state index contributed by atoms with van der Waals surface area (Å²) in [5, 5.41) is 13.4. The number of nitrogens with zero attached hydrogens (tertiary/aromatic N) is 2. The van der Waals surface area contributed by atoms with Crippen molar-refractivity contribution in [2.75, 3.05) is 12.0 Å². The van der Waals surface area contributed by atoms with Gasteiger partial charge < -0.3 is 24.8 Å². The lowest BCUT2D eigenvalue weighted by molar-refractivity contribution is -0.130. The van der Waals surface area contributed by atoms with Gasteiger partial charge in [-0.15, -0.1) is 0 Å². The largest absolute Gasteiger partial charge is 0.504 e. The van der Waals surface area contributed by atoms with Crippen LogP contribution in [-0.4, -0.2) is 58.9 Å². The highest BCUT2D eigenvalue weighted by Gasteiger charge is 2.44. The monoisotopic (exact) mass is 631 g/mol. The molecule has 2 aromatic rings. The first kappa shape index (κ1) is 34.3. The van der Waals surface area contributed by atoms with E-state index in [1.54, 1.807) is 42.3 Å². The Bertz CT molecular complexity index is 1530. The number of phenolic OH excluding ortho intramolecular Hbond substituents is 1. The average molecular weight is 632 g/mol. The second-order valence-corrected chi connectivity index (χ2v) is 12.3. The molecule has 0 saturated carbocycles. The molecule has 0 aromatic heterocycles. The molecule has 46 heavy (non-hydrogen) atoms. The summed E-state index contributed by atoms with van der Waals surface area (Å²) in [6.07, 6.45) is 6.41. The molecule has 2 aromatic carbocycles. The second-order valence-electron chi connectivity index (χ2n) is 12.3. The minimum absolute atomic E-state index is 0.0434. The lowest BCUT2D eigenvalue weighted by Crippen LogP contribution is -2.48. The Morgan fingerprint density at radius 2 is 1.78 bits per heavy atom. The van der Waals surface area contributed by atoms with E-state index in [2.05, 4.69) is 5.32 Å². The lowest BCUT2D eigenvalue weighted by Gasteiger charge is -2.33. The van der Waals surface area contributed by atoms with Crippen LogP contribution in [0.15, 0.2) is 60.3 Å². The Labute approximate surface area is 271 Å². The van der Waals surface area contributed by atoms with Crippen LogP contribution in [0.3, 0.4) is 0 Å². The predicted molar refractivity (Wildman–Crippen MR) is 176 cm³/mol. The lowest BCUT2D eigenvalue weighted by atomic mass is 9.92. The van der Waals surface area contributed by atoms with E-state index in [4.69, 9.17) is 9.47 Å². The molecule has 0 bridgehead atoms. The number of aromatic hydroxyl groups is 1. The molecule has 2 aliphatic heterocycles. The van der Waals surface area contributed by atoms with Crippen LogP contribution >= 0.6 is 0 Å². The van der Waals surface area contributed by atoms with E-state index in [9.17, 15) is 24.3 Å². The molecular formula is C36H45N3O7. The molecule has 3 amide bonds. The van der Waals surface area contributed by atoms with E-state index in [0.29, 0.717) is 18.4 Å². The molecular weight excluding hydrogens is 586 g/mol. The molecule has 4 atom stereocenters. The Balaban J connectivity index is 1.46. The molecule has 0 saturated heterocycles. The summed E-state index contributed by atoms with van der Waals surface area (Å²) in [5.74, 6) is -0.525. The highest BCUT2D eigenvalue weighted by Crippen LogP contribution is 2.42. The zero-order valence-electron chi connectivity index (χ0n) is 27.7. The standard InChI is InChI=1S/C36H45N3O7/c1-8-10-26-15-29-23(6)39(30-18-32(41)33(45-7)17-28(30)35(43)38(29)19-26)36(44)46-20-25-13-11-24(12-14-25)16-31(40)22(5)37-34(42)27(9-2)21(3)4/h8,10-14,17-19,21-23,27,29,41H,9,15-16,20H2,1-7H3,(H,37,42)/b10-8+/t22-,23+,27-,29+/m1/s1. The number of carbonyl (C=O) groups is 4. The SMILES string of the molecule is C/C=C/C1=CN2C(=O)c3cc(OC)c(O)cc3N(C(=O)OCc3ccc(CC(=O)[C@@H](C)NC(=O)[C@H](CC)C(C)C)cc3)[C@@H](C)[C@@H]2C1. The fourth-order valence-corrected chi connectivity index (χ4v) is 6.17. The van der Waals surface area contributed by atoms with Crippen LogP contribution in [-0.2, 0) is 27.4 Å². The van der Waals surface area contributed by atoms with Gasteiger partial charge in [0, 0.05) is 24.6 Å². The summed E-state index contributed by atoms with van der Waals surface area (Å²) in [5.41, 5.74) is 2.91. The van der Waals surface area contributed by atoms with Gasteiger partial charge in [0.15, 0.2) is 17.3 Å². The van der Waals surface area contributed by atoms with Crippen molar-refractivity contribution in [2.24, 2.45) is 11.8 Å². The number of ether oxygens (including phenoxy) is 2. The highest BCUT2D eigenvalue weighted by atomic mass is 16.6. The molecule has 2 heterocycles. The first-order chi connectivity index (χ1) is 21.9. The van der Waals surface area contributed by atoms with E-state index in [0.717, 1.165) is 11.1 Å². The van der Waals surface area contributed by atoms with Crippen LogP contribution in [0.4, 0.5) is 10.5 Å². The minimum Gasteiger partial charge on any atom is -0.504 e. The number of rotatable bonds is 11. The molecule has 2 aliphatic rings. The van der Waals surface area contributed by atoms with E-state index in [1.165, 1.54) is 24.1 Å². The number of carbonyl (C=O) groups excluding carboxylic acids is 4. The zero-order chi connectivity index (χ0) is 33.7. The highest BCUT2D eigenvalue weighted by molar-refractivity contribution is 6.06. The first-order valence-corrected chi connectivity index (χ1v) is 15.8. The quantitative estimate of drug-likeness (QED) is 0.315. The summed E-state index contributed by atoms with van der Waals surface area (Å²) in [6.45, 7) is 11.4. The normalized spacial score (nSPS) is 18.9. The summed E-state index contributed by atoms with van der Waals surface area (Å²) >= 11 is 0. The average Bonchev–Trinajstić information content (AvgIpc) is 3.42. The Morgan fingerprint density at radius 3 is 2.39 bits per heavy atom. The van der Waals surface area contributed by atoms with Gasteiger partial charge in [0.2, 0.25) is 5.91 Å². The number of hydrogen-bond donors (Lipinski definition) is 2. The minimum atomic E-state index is -0.664. The van der Waals surface area contributed by atoms with Gasteiger partial charge in [-0.25, -0.2) is 4.79 Å². The molecule has 0 radical (unpaired) electrons. The number of allylic oxidation sites excluding steroid dienone is 2. The third kappa shape index (κ3) is 7.27. The van der Waals surface area contributed by atoms with E-state index in [1.807, 2.05) is 46.8 Å². The van der Waals surface area contributed by atoms with Gasteiger partial charge in [-0.2, -0.15) is 0 Å².